The van der Waals surface area contributed by atoms with Gasteiger partial charge in [0.25, 0.3) is 0 Å². The Morgan fingerprint density at radius 2 is 0.818 bits per heavy atom. The molecule has 3 aliphatic carbocycles. The van der Waals surface area contributed by atoms with Crippen LogP contribution in [0.4, 0.5) is 0 Å². The van der Waals surface area contributed by atoms with Crippen molar-refractivity contribution in [2.75, 3.05) is 0 Å². The predicted octanol–water partition coefficient (Wildman–Crippen LogP) is 14.5. The summed E-state index contributed by atoms with van der Waals surface area (Å²) in [5.74, 6) is 0. The average Bonchev–Trinajstić information content (AvgIpc) is 3.85. The normalized spacial score (nSPS) is 13.6. The maximum absolute atomic E-state index is 2.51. The minimum atomic E-state index is -0.397. The summed E-state index contributed by atoms with van der Waals surface area (Å²) in [6, 6.07) is 73.2. The van der Waals surface area contributed by atoms with Crippen LogP contribution in [0.1, 0.15) is 22.3 Å². The van der Waals surface area contributed by atoms with E-state index in [1.807, 2.05) is 0 Å². The molecular formula is C55H32. The van der Waals surface area contributed by atoms with Gasteiger partial charge in [0, 0.05) is 0 Å². The molecule has 0 heterocycles. The van der Waals surface area contributed by atoms with Crippen LogP contribution >= 0.6 is 0 Å². The van der Waals surface area contributed by atoms with Gasteiger partial charge in [-0.1, -0.05) is 176 Å². The summed E-state index contributed by atoms with van der Waals surface area (Å²) in [6.07, 6.45) is 0. The Bertz CT molecular complexity index is 3230. The molecule has 0 aromatic heterocycles. The molecule has 10 aromatic rings. The summed E-state index contributed by atoms with van der Waals surface area (Å²) in [4.78, 5) is 0. The van der Waals surface area contributed by atoms with Crippen molar-refractivity contribution in [1.29, 1.82) is 0 Å². The molecule has 3 aliphatic rings. The highest BCUT2D eigenvalue weighted by Gasteiger charge is 2.52. The average molecular weight is 693 g/mol. The second-order valence-corrected chi connectivity index (χ2v) is 15.5. The standard InChI is InChI=1S/C55H32/c1-2-11-40-34(10-1)26-27-48-49-31-37-25-24-36(30-38(37)32-52(49)55(54(40)48)50-18-7-5-14-43(50)44-15-6-8-19-51(44)55)33-20-22-35(23-21-33)39-28-29-47-42-13-4-3-12-41(42)46-17-9-16-45(39)53(46)47/h1-32H. The zero-order chi connectivity index (χ0) is 35.8. The van der Waals surface area contributed by atoms with Gasteiger partial charge in [-0.25, -0.2) is 0 Å². The molecule has 0 amide bonds. The van der Waals surface area contributed by atoms with E-state index in [2.05, 4.69) is 194 Å². The third-order valence-electron chi connectivity index (χ3n) is 13.0. The van der Waals surface area contributed by atoms with Crippen molar-refractivity contribution in [1.82, 2.24) is 0 Å². The van der Waals surface area contributed by atoms with Crippen molar-refractivity contribution in [2.45, 2.75) is 5.41 Å². The van der Waals surface area contributed by atoms with E-state index in [0.717, 1.165) is 0 Å². The van der Waals surface area contributed by atoms with Gasteiger partial charge in [-0.3, -0.25) is 0 Å². The van der Waals surface area contributed by atoms with E-state index in [-0.39, 0.29) is 0 Å². The third-order valence-corrected chi connectivity index (χ3v) is 13.0. The maximum atomic E-state index is 2.51. The maximum Gasteiger partial charge on any atom is 0.0731 e. The van der Waals surface area contributed by atoms with Gasteiger partial charge in [0.1, 0.15) is 0 Å². The molecule has 0 bridgehead atoms. The van der Waals surface area contributed by atoms with Crippen LogP contribution in [0.3, 0.4) is 0 Å². The minimum absolute atomic E-state index is 0.397. The molecule has 10 aromatic carbocycles. The minimum Gasteiger partial charge on any atom is -0.0619 e. The van der Waals surface area contributed by atoms with E-state index in [9.17, 15) is 0 Å². The molecule has 0 aliphatic heterocycles. The zero-order valence-corrected chi connectivity index (χ0v) is 30.0. The lowest BCUT2D eigenvalue weighted by molar-refractivity contribution is 0.802. The molecule has 1 spiro atoms. The fourth-order valence-electron chi connectivity index (χ4n) is 10.7. The summed E-state index contributed by atoms with van der Waals surface area (Å²) in [7, 11) is 0. The van der Waals surface area contributed by atoms with Crippen molar-refractivity contribution in [2.24, 2.45) is 0 Å². The van der Waals surface area contributed by atoms with Gasteiger partial charge in [-0.05, 0) is 140 Å². The summed E-state index contributed by atoms with van der Waals surface area (Å²) >= 11 is 0. The van der Waals surface area contributed by atoms with Crippen LogP contribution in [-0.2, 0) is 5.41 Å². The summed E-state index contributed by atoms with van der Waals surface area (Å²) in [5, 5.41) is 7.84. The molecule has 13 rings (SSSR count). The third kappa shape index (κ3) is 3.71. The van der Waals surface area contributed by atoms with Gasteiger partial charge >= 0.3 is 0 Å². The van der Waals surface area contributed by atoms with Gasteiger partial charge in [-0.15, -0.1) is 0 Å². The lowest BCUT2D eigenvalue weighted by Gasteiger charge is -2.31. The molecule has 0 N–H and O–H groups in total. The van der Waals surface area contributed by atoms with Crippen molar-refractivity contribution in [3.05, 3.63) is 216 Å². The van der Waals surface area contributed by atoms with Gasteiger partial charge in [-0.2, -0.15) is 0 Å². The molecule has 0 saturated carbocycles. The van der Waals surface area contributed by atoms with E-state index >= 15 is 0 Å². The number of benzene rings is 10. The Morgan fingerprint density at radius 1 is 0.255 bits per heavy atom. The fourth-order valence-corrected chi connectivity index (χ4v) is 10.7. The molecule has 0 saturated heterocycles. The van der Waals surface area contributed by atoms with E-state index in [1.54, 1.807) is 0 Å². The SMILES string of the molecule is c1ccc2c(c1)-c1cccc3c(-c4ccc(-c5ccc6cc7c(cc6c5)C5(c6ccccc6-c6ccccc65)c5c-7ccc6ccccc56)cc4)ccc-2c13. The van der Waals surface area contributed by atoms with Crippen LogP contribution in [-0.4, -0.2) is 0 Å². The van der Waals surface area contributed by atoms with Crippen LogP contribution in [0, 0.1) is 0 Å². The van der Waals surface area contributed by atoms with Crippen LogP contribution in [0.25, 0.3) is 99.1 Å². The first-order chi connectivity index (χ1) is 27.3. The van der Waals surface area contributed by atoms with Gasteiger partial charge in [0.05, 0.1) is 5.41 Å². The second-order valence-electron chi connectivity index (χ2n) is 15.5. The Labute approximate surface area is 319 Å². The van der Waals surface area contributed by atoms with Crippen molar-refractivity contribution in [3.63, 3.8) is 0 Å². The number of fused-ring (bicyclic) bond motifs is 16. The van der Waals surface area contributed by atoms with Crippen LogP contribution in [0.15, 0.2) is 194 Å². The number of rotatable bonds is 2. The Hall–Kier alpha value is -7.02. The summed E-state index contributed by atoms with van der Waals surface area (Å²) in [6.45, 7) is 0. The molecule has 0 radical (unpaired) electrons. The molecule has 0 unspecified atom stereocenters. The quantitative estimate of drug-likeness (QED) is 0.169. The van der Waals surface area contributed by atoms with Gasteiger partial charge in [0.2, 0.25) is 0 Å². The lowest BCUT2D eigenvalue weighted by atomic mass is 9.69. The van der Waals surface area contributed by atoms with Crippen LogP contribution in [0.2, 0.25) is 0 Å². The van der Waals surface area contributed by atoms with E-state index in [0.29, 0.717) is 0 Å². The first-order valence-electron chi connectivity index (χ1n) is 19.3. The molecule has 0 heteroatoms. The molecular weight excluding hydrogens is 661 g/mol. The first-order valence-corrected chi connectivity index (χ1v) is 19.3. The monoisotopic (exact) mass is 692 g/mol. The fraction of sp³-hybridized carbons (Fsp3) is 0.0182. The molecule has 252 valence electrons. The van der Waals surface area contributed by atoms with Crippen LogP contribution < -0.4 is 0 Å². The number of hydrogen-bond acceptors (Lipinski definition) is 0. The molecule has 55 heavy (non-hydrogen) atoms. The first kappa shape index (κ1) is 29.4. The molecule has 0 fully saturated rings. The predicted molar refractivity (Wildman–Crippen MR) is 231 cm³/mol. The second kappa shape index (κ2) is 10.6. The van der Waals surface area contributed by atoms with Crippen molar-refractivity contribution in [3.8, 4) is 66.8 Å². The van der Waals surface area contributed by atoms with Gasteiger partial charge in [0.15, 0.2) is 0 Å². The van der Waals surface area contributed by atoms with E-state index in [4.69, 9.17) is 0 Å². The Kier molecular flexibility index (Phi) is 5.65. The van der Waals surface area contributed by atoms with Crippen molar-refractivity contribution < 1.29 is 0 Å². The topological polar surface area (TPSA) is 0 Å². The molecule has 0 nitrogen and oxygen atoms in total. The highest BCUT2D eigenvalue weighted by atomic mass is 14.5. The zero-order valence-electron chi connectivity index (χ0n) is 30.0. The Morgan fingerprint density at radius 3 is 1.60 bits per heavy atom. The summed E-state index contributed by atoms with van der Waals surface area (Å²) in [5.41, 5.74) is 20.8. The lowest BCUT2D eigenvalue weighted by Crippen LogP contribution is -2.26. The Balaban J connectivity index is 0.975. The van der Waals surface area contributed by atoms with E-state index in [1.165, 1.54) is 121 Å². The smallest absolute Gasteiger partial charge is 0.0619 e. The highest BCUT2D eigenvalue weighted by molar-refractivity contribution is 6.18. The van der Waals surface area contributed by atoms with Crippen LogP contribution in [0.5, 0.6) is 0 Å². The largest absolute Gasteiger partial charge is 0.0731 e. The van der Waals surface area contributed by atoms with E-state index < -0.39 is 5.41 Å². The van der Waals surface area contributed by atoms with Gasteiger partial charge < -0.3 is 0 Å². The van der Waals surface area contributed by atoms with Crippen molar-refractivity contribution >= 4 is 32.3 Å². The molecule has 0 atom stereocenters. The highest BCUT2D eigenvalue weighted by Crippen LogP contribution is 2.64. The number of hydrogen-bond donors (Lipinski definition) is 0. The summed E-state index contributed by atoms with van der Waals surface area (Å²) < 4.78 is 0.